The Bertz CT molecular complexity index is 502. The maximum absolute atomic E-state index is 10.3. The van der Waals surface area contributed by atoms with Crippen molar-refractivity contribution < 1.29 is 9.21 Å². The molecule has 0 aliphatic rings. The fraction of sp³-hybridized carbons (Fsp3) is 0.0833. The molecule has 0 spiro atoms. The quantitative estimate of drug-likeness (QED) is 0.828. The van der Waals surface area contributed by atoms with Gasteiger partial charge in [0.1, 0.15) is 11.5 Å². The molecule has 0 aliphatic carbocycles. The first kappa shape index (κ1) is 10.8. The second-order valence-corrected chi connectivity index (χ2v) is 3.79. The molecule has 0 unspecified atom stereocenters. The smallest absolute Gasteiger partial charge is 0.211 e. The lowest BCUT2D eigenvalue weighted by atomic mass is 10.2. The lowest BCUT2D eigenvalue weighted by Crippen LogP contribution is -1.92. The number of hydrogen-bond donors (Lipinski definition) is 1. The molecule has 82 valence electrons. The summed E-state index contributed by atoms with van der Waals surface area (Å²) in [7, 11) is 0. The van der Waals surface area contributed by atoms with E-state index in [-0.39, 0.29) is 0 Å². The summed E-state index contributed by atoms with van der Waals surface area (Å²) in [5.74, 6) is 1.38. The van der Waals surface area contributed by atoms with Crippen molar-refractivity contribution in [2.75, 3.05) is 5.32 Å². The summed E-state index contributed by atoms with van der Waals surface area (Å²) in [5, 5.41) is 3.26. The number of carbonyl (C=O) groups is 1. The topological polar surface area (TPSA) is 42.2 Å². The van der Waals surface area contributed by atoms with Crippen molar-refractivity contribution in [3.63, 3.8) is 0 Å². The lowest BCUT2D eigenvalue weighted by Gasteiger charge is -1.95. The van der Waals surface area contributed by atoms with Crippen molar-refractivity contribution in [1.82, 2.24) is 0 Å². The molecular formula is C12H10ClNO2. The highest BCUT2D eigenvalue weighted by Crippen LogP contribution is 2.28. The van der Waals surface area contributed by atoms with E-state index in [1.165, 1.54) is 0 Å². The first-order valence-corrected chi connectivity index (χ1v) is 5.15. The van der Waals surface area contributed by atoms with Gasteiger partial charge in [0.2, 0.25) is 6.41 Å². The Morgan fingerprint density at radius 3 is 2.62 bits per heavy atom. The molecule has 4 heteroatoms. The van der Waals surface area contributed by atoms with Gasteiger partial charge in [-0.1, -0.05) is 11.6 Å². The molecule has 0 bridgehead atoms. The van der Waals surface area contributed by atoms with Gasteiger partial charge >= 0.3 is 0 Å². The molecule has 2 aromatic rings. The van der Waals surface area contributed by atoms with E-state index in [2.05, 4.69) is 5.32 Å². The molecule has 16 heavy (non-hydrogen) atoms. The summed E-state index contributed by atoms with van der Waals surface area (Å²) in [6.45, 7) is 1.80. The van der Waals surface area contributed by atoms with Crippen LogP contribution in [0.2, 0.25) is 5.02 Å². The van der Waals surface area contributed by atoms with Crippen LogP contribution in [0.3, 0.4) is 0 Å². The molecule has 1 amide bonds. The van der Waals surface area contributed by atoms with Gasteiger partial charge in [0.05, 0.1) is 5.69 Å². The SMILES string of the molecule is Cc1oc(-c2ccc(Cl)cc2)cc1NC=O. The Kier molecular flexibility index (Phi) is 2.97. The van der Waals surface area contributed by atoms with Crippen LogP contribution in [-0.2, 0) is 4.79 Å². The minimum atomic E-state index is 0.628. The molecule has 0 aliphatic heterocycles. The monoisotopic (exact) mass is 235 g/mol. The summed E-state index contributed by atoms with van der Waals surface area (Å²) in [4.78, 5) is 10.3. The average molecular weight is 236 g/mol. The number of furan rings is 1. The molecule has 1 N–H and O–H groups in total. The van der Waals surface area contributed by atoms with Crippen molar-refractivity contribution in [1.29, 1.82) is 0 Å². The van der Waals surface area contributed by atoms with E-state index in [0.717, 1.165) is 5.56 Å². The Morgan fingerprint density at radius 2 is 2.00 bits per heavy atom. The zero-order valence-corrected chi connectivity index (χ0v) is 9.41. The predicted molar refractivity (Wildman–Crippen MR) is 63.6 cm³/mol. The van der Waals surface area contributed by atoms with E-state index in [1.54, 1.807) is 25.1 Å². The number of hydrogen-bond acceptors (Lipinski definition) is 2. The fourth-order valence-electron chi connectivity index (χ4n) is 1.45. The van der Waals surface area contributed by atoms with Crippen LogP contribution in [0.25, 0.3) is 11.3 Å². The van der Waals surface area contributed by atoms with Gasteiger partial charge in [0.15, 0.2) is 0 Å². The highest BCUT2D eigenvalue weighted by atomic mass is 35.5. The van der Waals surface area contributed by atoms with Crippen molar-refractivity contribution >= 4 is 23.7 Å². The number of aryl methyl sites for hydroxylation is 1. The van der Waals surface area contributed by atoms with Crippen LogP contribution >= 0.6 is 11.6 Å². The maximum Gasteiger partial charge on any atom is 0.211 e. The third-order valence-corrected chi connectivity index (χ3v) is 2.51. The predicted octanol–water partition coefficient (Wildman–Crippen LogP) is 3.48. The number of carbonyl (C=O) groups excluding carboxylic acids is 1. The minimum Gasteiger partial charge on any atom is -0.459 e. The molecule has 0 atom stereocenters. The summed E-state index contributed by atoms with van der Waals surface area (Å²) >= 11 is 5.80. The standard InChI is InChI=1S/C12H10ClNO2/c1-8-11(14-7-15)6-12(16-8)9-2-4-10(13)5-3-9/h2-7H,1H3,(H,14,15). The van der Waals surface area contributed by atoms with Crippen molar-refractivity contribution in [2.45, 2.75) is 6.92 Å². The van der Waals surface area contributed by atoms with Crippen molar-refractivity contribution in [3.8, 4) is 11.3 Å². The Balaban J connectivity index is 2.37. The van der Waals surface area contributed by atoms with E-state index in [1.807, 2.05) is 12.1 Å². The van der Waals surface area contributed by atoms with Crippen LogP contribution in [0, 0.1) is 6.92 Å². The van der Waals surface area contributed by atoms with E-state index in [9.17, 15) is 4.79 Å². The second-order valence-electron chi connectivity index (χ2n) is 3.35. The number of rotatable bonds is 3. The molecule has 0 saturated carbocycles. The second kappa shape index (κ2) is 4.41. The number of halogens is 1. The van der Waals surface area contributed by atoms with Crippen LogP contribution in [0.5, 0.6) is 0 Å². The van der Waals surface area contributed by atoms with Gasteiger partial charge < -0.3 is 9.73 Å². The third-order valence-electron chi connectivity index (χ3n) is 2.26. The molecule has 1 aromatic carbocycles. The van der Waals surface area contributed by atoms with E-state index in [4.69, 9.17) is 16.0 Å². The summed E-state index contributed by atoms with van der Waals surface area (Å²) < 4.78 is 5.53. The van der Waals surface area contributed by atoms with E-state index >= 15 is 0 Å². The largest absolute Gasteiger partial charge is 0.459 e. The lowest BCUT2D eigenvalue weighted by molar-refractivity contribution is -0.105. The Hall–Kier alpha value is -1.74. The zero-order chi connectivity index (χ0) is 11.5. The average Bonchev–Trinajstić information content (AvgIpc) is 2.62. The first-order valence-electron chi connectivity index (χ1n) is 4.77. The summed E-state index contributed by atoms with van der Waals surface area (Å²) in [6.07, 6.45) is 0.628. The van der Waals surface area contributed by atoms with Crippen molar-refractivity contribution in [3.05, 3.63) is 41.1 Å². The maximum atomic E-state index is 10.3. The van der Waals surface area contributed by atoms with Gasteiger partial charge in [0, 0.05) is 16.7 Å². The molecule has 2 rings (SSSR count). The van der Waals surface area contributed by atoms with Gasteiger partial charge in [-0.05, 0) is 31.2 Å². The van der Waals surface area contributed by atoms with Gasteiger partial charge in [-0.25, -0.2) is 0 Å². The van der Waals surface area contributed by atoms with Crippen LogP contribution in [0.4, 0.5) is 5.69 Å². The Morgan fingerprint density at radius 1 is 1.31 bits per heavy atom. The van der Waals surface area contributed by atoms with Gasteiger partial charge in [-0.15, -0.1) is 0 Å². The van der Waals surface area contributed by atoms with Gasteiger partial charge in [0.25, 0.3) is 0 Å². The Labute approximate surface area is 98.0 Å². The van der Waals surface area contributed by atoms with Crippen LogP contribution < -0.4 is 5.32 Å². The number of benzene rings is 1. The van der Waals surface area contributed by atoms with Crippen LogP contribution in [0.1, 0.15) is 5.76 Å². The van der Waals surface area contributed by atoms with E-state index < -0.39 is 0 Å². The molecule has 0 saturated heterocycles. The molecule has 3 nitrogen and oxygen atoms in total. The highest BCUT2D eigenvalue weighted by molar-refractivity contribution is 6.30. The molecule has 0 radical (unpaired) electrons. The normalized spacial score (nSPS) is 10.1. The summed E-state index contributed by atoms with van der Waals surface area (Å²) in [5.41, 5.74) is 1.60. The minimum absolute atomic E-state index is 0.628. The molecular weight excluding hydrogens is 226 g/mol. The van der Waals surface area contributed by atoms with Crippen LogP contribution in [-0.4, -0.2) is 6.41 Å². The fourth-order valence-corrected chi connectivity index (χ4v) is 1.57. The number of nitrogens with one attached hydrogen (secondary N) is 1. The van der Waals surface area contributed by atoms with Gasteiger partial charge in [-0.2, -0.15) is 0 Å². The molecule has 0 fully saturated rings. The van der Waals surface area contributed by atoms with Crippen LogP contribution in [0.15, 0.2) is 34.7 Å². The first-order chi connectivity index (χ1) is 7.70. The summed E-state index contributed by atoms with van der Waals surface area (Å²) in [6, 6.07) is 9.10. The zero-order valence-electron chi connectivity index (χ0n) is 8.66. The number of anilines is 1. The molecule has 1 heterocycles. The van der Waals surface area contributed by atoms with Gasteiger partial charge in [-0.3, -0.25) is 4.79 Å². The van der Waals surface area contributed by atoms with Crippen molar-refractivity contribution in [2.24, 2.45) is 0 Å². The molecule has 1 aromatic heterocycles. The highest BCUT2D eigenvalue weighted by Gasteiger charge is 2.08. The number of amides is 1. The van der Waals surface area contributed by atoms with E-state index in [0.29, 0.717) is 28.6 Å². The third kappa shape index (κ3) is 2.09.